The van der Waals surface area contributed by atoms with Crippen molar-refractivity contribution in [1.29, 1.82) is 0 Å². The number of nitrogens with zero attached hydrogens (tertiary/aromatic N) is 3. The summed E-state index contributed by atoms with van der Waals surface area (Å²) in [6, 6.07) is 9.81. The Balaban J connectivity index is 1.73. The summed E-state index contributed by atoms with van der Waals surface area (Å²) in [5.74, 6) is 0.350. The minimum Gasteiger partial charge on any atom is -0.444 e. The van der Waals surface area contributed by atoms with Crippen LogP contribution in [0.15, 0.2) is 35.3 Å². The second kappa shape index (κ2) is 19.7. The topological polar surface area (TPSA) is 180 Å². The van der Waals surface area contributed by atoms with Crippen molar-refractivity contribution < 1.29 is 33.3 Å². The van der Waals surface area contributed by atoms with Crippen molar-refractivity contribution in [2.45, 2.75) is 65.9 Å². The summed E-state index contributed by atoms with van der Waals surface area (Å²) in [5, 5.41) is 8.14. The Morgan fingerprint density at radius 3 is 2.42 bits per heavy atom. The molecule has 1 heterocycles. The van der Waals surface area contributed by atoms with Crippen LogP contribution in [0.25, 0.3) is 11.3 Å². The summed E-state index contributed by atoms with van der Waals surface area (Å²) in [6.45, 7) is 10.6. The Labute approximate surface area is 267 Å². The van der Waals surface area contributed by atoms with Crippen molar-refractivity contribution in [3.8, 4) is 11.3 Å². The number of nitrogens with one attached hydrogen (secondary N) is 3. The molecule has 0 saturated carbocycles. The van der Waals surface area contributed by atoms with Crippen LogP contribution in [0.4, 0.5) is 4.79 Å². The standard InChI is InChI=1S/C30H48N7O7P/c1-7-41-17-23-35-26(28(31)32-6)27(22-12-9-8-10-13-22)37(23)15-11-14-33-24(38)18-42-19-25(39)34-16-21(2)43-20-45-36-29(40)44-30(3,4)5/h8-10,12-13,21,45H,7,11,14-20H2,1-6H3,(H2,31,32)(H,33,38)(H,34,39)(H,36,40). The molecular weight excluding hydrogens is 601 g/mol. The molecule has 2 rings (SSSR count). The van der Waals surface area contributed by atoms with Gasteiger partial charge in [0.25, 0.3) is 0 Å². The Morgan fingerprint density at radius 2 is 1.78 bits per heavy atom. The molecule has 2 unspecified atom stereocenters. The van der Waals surface area contributed by atoms with Crippen molar-refractivity contribution in [1.82, 2.24) is 25.3 Å². The molecule has 0 bridgehead atoms. The summed E-state index contributed by atoms with van der Waals surface area (Å²) in [7, 11) is 1.65. The van der Waals surface area contributed by atoms with E-state index in [1.807, 2.05) is 41.8 Å². The lowest BCUT2D eigenvalue weighted by Gasteiger charge is -2.20. The number of hydrogen-bond donors (Lipinski definition) is 4. The molecule has 45 heavy (non-hydrogen) atoms. The minimum atomic E-state index is -0.567. The lowest BCUT2D eigenvalue weighted by atomic mass is 10.1. The van der Waals surface area contributed by atoms with Gasteiger partial charge in [0.05, 0.1) is 18.1 Å². The number of carbonyl (C=O) groups is 3. The maximum Gasteiger partial charge on any atom is 0.410 e. The molecule has 14 nitrogen and oxygen atoms in total. The van der Waals surface area contributed by atoms with Crippen LogP contribution < -0.4 is 21.5 Å². The Bertz CT molecular complexity index is 1250. The molecule has 0 aliphatic heterocycles. The van der Waals surface area contributed by atoms with Gasteiger partial charge in [-0.25, -0.2) is 9.78 Å². The molecule has 1 aromatic heterocycles. The normalized spacial score (nSPS) is 12.7. The second-order valence-electron chi connectivity index (χ2n) is 10.9. The summed E-state index contributed by atoms with van der Waals surface area (Å²) in [5.41, 5.74) is 8.01. The summed E-state index contributed by atoms with van der Waals surface area (Å²) < 4.78 is 23.7. The first-order valence-corrected chi connectivity index (χ1v) is 16.1. The van der Waals surface area contributed by atoms with Gasteiger partial charge in [-0.2, -0.15) is 0 Å². The Kier molecular flexibility index (Phi) is 16.5. The fourth-order valence-electron chi connectivity index (χ4n) is 3.93. The lowest BCUT2D eigenvalue weighted by molar-refractivity contribution is -0.131. The molecule has 0 fully saturated rings. The Morgan fingerprint density at radius 1 is 1.09 bits per heavy atom. The second-order valence-corrected chi connectivity index (χ2v) is 11.8. The zero-order valence-electron chi connectivity index (χ0n) is 27.1. The highest BCUT2D eigenvalue weighted by Gasteiger charge is 2.21. The number of ether oxygens (including phenoxy) is 4. The van der Waals surface area contributed by atoms with Gasteiger partial charge in [-0.05, 0) is 41.0 Å². The molecule has 2 atom stereocenters. The van der Waals surface area contributed by atoms with Crippen LogP contribution in [0.5, 0.6) is 0 Å². The number of amides is 3. The van der Waals surface area contributed by atoms with Gasteiger partial charge >= 0.3 is 6.09 Å². The zero-order valence-corrected chi connectivity index (χ0v) is 28.1. The quantitative estimate of drug-likeness (QED) is 0.0770. The molecule has 2 aromatic rings. The highest BCUT2D eigenvalue weighted by atomic mass is 31.1. The largest absolute Gasteiger partial charge is 0.444 e. The molecule has 0 aliphatic carbocycles. The lowest BCUT2D eigenvalue weighted by Crippen LogP contribution is -2.36. The van der Waals surface area contributed by atoms with E-state index >= 15 is 0 Å². The highest BCUT2D eigenvalue weighted by molar-refractivity contribution is 7.36. The number of aromatic nitrogens is 2. The van der Waals surface area contributed by atoms with Crippen molar-refractivity contribution in [2.75, 3.05) is 46.3 Å². The SMILES string of the molecule is CCOCc1nc(C(N)=NC)c(-c2ccccc2)n1CCCNC(=O)COCC(=O)NCC(C)OCPNC(=O)OC(C)(C)C. The molecular formula is C30H48N7O7P. The molecule has 0 saturated heterocycles. The number of imidazole rings is 1. The predicted molar refractivity (Wildman–Crippen MR) is 174 cm³/mol. The fraction of sp³-hybridized carbons (Fsp3) is 0.567. The van der Waals surface area contributed by atoms with Crippen LogP contribution in [-0.2, 0) is 41.7 Å². The average Bonchev–Trinajstić information content (AvgIpc) is 3.36. The number of nitrogens with two attached hydrogens (primary N) is 1. The molecule has 0 aliphatic rings. The van der Waals surface area contributed by atoms with Gasteiger partial charge in [0, 0.05) is 47.6 Å². The third-order valence-electron chi connectivity index (χ3n) is 5.98. The van der Waals surface area contributed by atoms with Crippen molar-refractivity contribution in [2.24, 2.45) is 10.7 Å². The average molecular weight is 650 g/mol. The van der Waals surface area contributed by atoms with Crippen LogP contribution in [-0.4, -0.2) is 91.3 Å². The maximum absolute atomic E-state index is 12.3. The van der Waals surface area contributed by atoms with E-state index in [0.29, 0.717) is 44.3 Å². The first-order valence-electron chi connectivity index (χ1n) is 14.8. The number of hydrogen-bond acceptors (Lipinski definition) is 9. The molecule has 0 radical (unpaired) electrons. The van der Waals surface area contributed by atoms with Crippen LogP contribution in [0.1, 0.15) is 52.6 Å². The van der Waals surface area contributed by atoms with E-state index in [-0.39, 0.29) is 52.8 Å². The van der Waals surface area contributed by atoms with Gasteiger partial charge in [-0.3, -0.25) is 14.6 Å². The maximum atomic E-state index is 12.3. The summed E-state index contributed by atoms with van der Waals surface area (Å²) in [4.78, 5) is 44.9. The van der Waals surface area contributed by atoms with E-state index in [4.69, 9.17) is 29.7 Å². The number of benzene rings is 1. The molecule has 0 spiro atoms. The van der Waals surface area contributed by atoms with E-state index in [0.717, 1.165) is 17.1 Å². The minimum absolute atomic E-state index is 0.0213. The number of carbonyl (C=O) groups excluding carboxylic acids is 3. The van der Waals surface area contributed by atoms with Crippen molar-refractivity contribution >= 4 is 32.5 Å². The molecule has 15 heteroatoms. The summed E-state index contributed by atoms with van der Waals surface area (Å²) in [6.07, 6.45) is 0.113. The third-order valence-corrected chi connectivity index (χ3v) is 6.67. The van der Waals surface area contributed by atoms with Crippen LogP contribution >= 0.6 is 8.73 Å². The van der Waals surface area contributed by atoms with Crippen LogP contribution in [0.2, 0.25) is 0 Å². The highest BCUT2D eigenvalue weighted by Crippen LogP contribution is 2.26. The number of aliphatic imine (C=N–C) groups is 1. The van der Waals surface area contributed by atoms with E-state index < -0.39 is 11.7 Å². The van der Waals surface area contributed by atoms with E-state index in [1.165, 1.54) is 0 Å². The van der Waals surface area contributed by atoms with Gasteiger partial charge in [0.2, 0.25) is 11.8 Å². The van der Waals surface area contributed by atoms with Crippen molar-refractivity contribution in [3.63, 3.8) is 0 Å². The third kappa shape index (κ3) is 14.4. The van der Waals surface area contributed by atoms with E-state index in [1.54, 1.807) is 34.7 Å². The van der Waals surface area contributed by atoms with E-state index in [9.17, 15) is 14.4 Å². The first kappa shape index (κ1) is 37.6. The van der Waals surface area contributed by atoms with E-state index in [2.05, 4.69) is 20.7 Å². The van der Waals surface area contributed by atoms with Crippen molar-refractivity contribution in [3.05, 3.63) is 41.9 Å². The number of rotatable bonds is 19. The smallest absolute Gasteiger partial charge is 0.410 e. The van der Waals surface area contributed by atoms with Gasteiger partial charge in [0.1, 0.15) is 42.8 Å². The van der Waals surface area contributed by atoms with Crippen LogP contribution in [0, 0.1) is 0 Å². The molecule has 3 amide bonds. The first-order chi connectivity index (χ1) is 21.4. The van der Waals surface area contributed by atoms with Gasteiger partial charge in [-0.15, -0.1) is 0 Å². The molecule has 250 valence electrons. The molecule has 1 aromatic carbocycles. The summed E-state index contributed by atoms with van der Waals surface area (Å²) >= 11 is 0. The number of amidine groups is 1. The monoisotopic (exact) mass is 649 g/mol. The predicted octanol–water partition coefficient (Wildman–Crippen LogP) is 2.54. The fourth-order valence-corrected chi connectivity index (χ4v) is 4.57. The van der Waals surface area contributed by atoms with Gasteiger partial charge in [0.15, 0.2) is 0 Å². The van der Waals surface area contributed by atoms with Gasteiger partial charge < -0.3 is 45.0 Å². The van der Waals surface area contributed by atoms with Gasteiger partial charge in [-0.1, -0.05) is 30.3 Å². The zero-order chi connectivity index (χ0) is 33.2. The molecule has 5 N–H and O–H groups in total. The Hall–Kier alpha value is -3.58. The van der Waals surface area contributed by atoms with Crippen LogP contribution in [0.3, 0.4) is 0 Å².